The molecule has 5 nitrogen and oxygen atoms in total. The quantitative estimate of drug-likeness (QED) is 0.525. The number of hydrogen-bond acceptors (Lipinski definition) is 3. The molecular formula is C19H17N3O2. The lowest BCUT2D eigenvalue weighted by Crippen LogP contribution is -2.38. The van der Waals surface area contributed by atoms with Crippen LogP contribution in [0.5, 0.6) is 0 Å². The number of fused-ring (bicyclic) bond motifs is 2. The van der Waals surface area contributed by atoms with Crippen molar-refractivity contribution in [1.29, 1.82) is 0 Å². The van der Waals surface area contributed by atoms with E-state index < -0.39 is 0 Å². The minimum Gasteiger partial charge on any atom is -0.361 e. The van der Waals surface area contributed by atoms with Crippen molar-refractivity contribution in [2.24, 2.45) is 28.8 Å². The van der Waals surface area contributed by atoms with Crippen LogP contribution in [0.4, 0.5) is 0 Å². The molecule has 4 atom stereocenters. The lowest BCUT2D eigenvalue weighted by molar-refractivity contribution is -0.140. The van der Waals surface area contributed by atoms with Gasteiger partial charge in [0.1, 0.15) is 0 Å². The summed E-state index contributed by atoms with van der Waals surface area (Å²) in [7, 11) is 0. The number of hydrazone groups is 1. The summed E-state index contributed by atoms with van der Waals surface area (Å²) in [6.45, 7) is 0. The predicted molar refractivity (Wildman–Crippen MR) is 90.1 cm³/mol. The predicted octanol–water partition coefficient (Wildman–Crippen LogP) is 2.70. The van der Waals surface area contributed by atoms with Crippen molar-refractivity contribution in [2.75, 3.05) is 0 Å². The fourth-order valence-electron chi connectivity index (χ4n) is 4.49. The van der Waals surface area contributed by atoms with Gasteiger partial charge in [-0.1, -0.05) is 30.4 Å². The molecule has 1 aromatic heterocycles. The maximum atomic E-state index is 12.7. The highest BCUT2D eigenvalue weighted by molar-refractivity contribution is 6.07. The number of carbonyl (C=O) groups excluding carboxylic acids is 2. The number of aromatic amines is 1. The highest BCUT2D eigenvalue weighted by Crippen LogP contribution is 2.49. The van der Waals surface area contributed by atoms with E-state index in [1.54, 1.807) is 6.21 Å². The Kier molecular flexibility index (Phi) is 2.80. The van der Waals surface area contributed by atoms with Crippen molar-refractivity contribution >= 4 is 28.9 Å². The molecule has 2 heterocycles. The van der Waals surface area contributed by atoms with Crippen molar-refractivity contribution in [3.8, 4) is 0 Å². The van der Waals surface area contributed by atoms with Gasteiger partial charge in [0.25, 0.3) is 11.8 Å². The third-order valence-electron chi connectivity index (χ3n) is 5.67. The van der Waals surface area contributed by atoms with Crippen LogP contribution in [0.25, 0.3) is 10.9 Å². The lowest BCUT2D eigenvalue weighted by atomic mass is 9.63. The van der Waals surface area contributed by atoms with Crippen molar-refractivity contribution < 1.29 is 9.59 Å². The Morgan fingerprint density at radius 1 is 1.04 bits per heavy atom. The molecule has 1 N–H and O–H groups in total. The SMILES string of the molecule is O=C1[C@H]2[C@H](C(=O)N1/N=C\c1c[nH]c3ccccc13)[C@H]1C=C[C@H]2CC1. The summed E-state index contributed by atoms with van der Waals surface area (Å²) >= 11 is 0. The average Bonchev–Trinajstić information content (AvgIpc) is 3.15. The molecule has 0 radical (unpaired) electrons. The summed E-state index contributed by atoms with van der Waals surface area (Å²) in [5, 5.41) is 6.39. The van der Waals surface area contributed by atoms with Gasteiger partial charge in [0, 0.05) is 22.7 Å². The topological polar surface area (TPSA) is 65.5 Å². The summed E-state index contributed by atoms with van der Waals surface area (Å²) in [5.74, 6) is -0.294. The van der Waals surface area contributed by atoms with E-state index in [4.69, 9.17) is 0 Å². The third kappa shape index (κ3) is 1.78. The van der Waals surface area contributed by atoms with Crippen LogP contribution in [-0.4, -0.2) is 28.0 Å². The van der Waals surface area contributed by atoms with Crippen LogP contribution < -0.4 is 0 Å². The van der Waals surface area contributed by atoms with Gasteiger partial charge in [0.05, 0.1) is 18.1 Å². The van der Waals surface area contributed by atoms with Gasteiger partial charge < -0.3 is 4.98 Å². The van der Waals surface area contributed by atoms with Gasteiger partial charge in [-0.3, -0.25) is 9.59 Å². The van der Waals surface area contributed by atoms with E-state index in [1.165, 1.54) is 0 Å². The molecule has 1 saturated heterocycles. The number of H-pyrrole nitrogens is 1. The number of para-hydroxylation sites is 1. The summed E-state index contributed by atoms with van der Waals surface area (Å²) in [5.41, 5.74) is 1.89. The molecule has 24 heavy (non-hydrogen) atoms. The van der Waals surface area contributed by atoms with Crippen LogP contribution in [0.2, 0.25) is 0 Å². The first kappa shape index (κ1) is 13.7. The molecule has 2 bridgehead atoms. The Balaban J connectivity index is 1.48. The Labute approximate surface area is 139 Å². The Morgan fingerprint density at radius 2 is 1.71 bits per heavy atom. The highest BCUT2D eigenvalue weighted by Gasteiger charge is 2.56. The zero-order valence-corrected chi connectivity index (χ0v) is 13.1. The number of nitrogens with zero attached hydrogens (tertiary/aromatic N) is 2. The molecule has 1 aliphatic heterocycles. The van der Waals surface area contributed by atoms with E-state index in [1.807, 2.05) is 30.5 Å². The summed E-state index contributed by atoms with van der Waals surface area (Å²) < 4.78 is 0. The lowest BCUT2D eigenvalue weighted by Gasteiger charge is -2.37. The van der Waals surface area contributed by atoms with E-state index >= 15 is 0 Å². The maximum Gasteiger partial charge on any atom is 0.254 e. The molecular weight excluding hydrogens is 302 g/mol. The first-order valence-electron chi connectivity index (χ1n) is 8.40. The Hall–Kier alpha value is -2.69. The number of carbonyl (C=O) groups is 2. The molecule has 0 spiro atoms. The Bertz CT molecular complexity index is 878. The second kappa shape index (κ2) is 4.90. The van der Waals surface area contributed by atoms with Crippen molar-refractivity contribution in [3.63, 3.8) is 0 Å². The van der Waals surface area contributed by atoms with Crippen LogP contribution in [0, 0.1) is 23.7 Å². The number of allylic oxidation sites excluding steroid dienone is 2. The molecule has 1 saturated carbocycles. The fraction of sp³-hybridized carbons (Fsp3) is 0.316. The molecule has 4 aliphatic rings. The van der Waals surface area contributed by atoms with Gasteiger partial charge in [0.15, 0.2) is 0 Å². The number of aromatic nitrogens is 1. The highest BCUT2D eigenvalue weighted by atomic mass is 16.2. The van der Waals surface area contributed by atoms with Crippen LogP contribution >= 0.6 is 0 Å². The molecule has 1 aromatic carbocycles. The second-order valence-corrected chi connectivity index (χ2v) is 6.86. The van der Waals surface area contributed by atoms with E-state index in [2.05, 4.69) is 22.2 Å². The number of benzene rings is 1. The van der Waals surface area contributed by atoms with Gasteiger partial charge in [-0.25, -0.2) is 0 Å². The van der Waals surface area contributed by atoms with Crippen LogP contribution in [0.3, 0.4) is 0 Å². The van der Waals surface area contributed by atoms with Crippen LogP contribution in [0.15, 0.2) is 47.7 Å². The van der Waals surface area contributed by atoms with E-state index in [9.17, 15) is 9.59 Å². The zero-order valence-electron chi connectivity index (χ0n) is 13.1. The van der Waals surface area contributed by atoms with E-state index in [0.717, 1.165) is 34.3 Å². The number of amides is 2. The summed E-state index contributed by atoms with van der Waals surface area (Å²) in [6, 6.07) is 7.89. The van der Waals surface area contributed by atoms with Crippen LogP contribution in [-0.2, 0) is 9.59 Å². The van der Waals surface area contributed by atoms with Crippen LogP contribution in [0.1, 0.15) is 18.4 Å². The van der Waals surface area contributed by atoms with Crippen molar-refractivity contribution in [3.05, 3.63) is 48.2 Å². The van der Waals surface area contributed by atoms with Gasteiger partial charge in [-0.2, -0.15) is 10.1 Å². The largest absolute Gasteiger partial charge is 0.361 e. The monoisotopic (exact) mass is 319 g/mol. The van der Waals surface area contributed by atoms with E-state index in [0.29, 0.717) is 0 Å². The van der Waals surface area contributed by atoms with Gasteiger partial charge in [-0.15, -0.1) is 0 Å². The third-order valence-corrected chi connectivity index (χ3v) is 5.67. The maximum absolute atomic E-state index is 12.7. The molecule has 6 rings (SSSR count). The molecule has 0 unspecified atom stereocenters. The normalized spacial score (nSPS) is 31.6. The average molecular weight is 319 g/mol. The fourth-order valence-corrected chi connectivity index (χ4v) is 4.49. The van der Waals surface area contributed by atoms with Crippen molar-refractivity contribution in [2.45, 2.75) is 12.8 Å². The first-order chi connectivity index (χ1) is 11.7. The zero-order chi connectivity index (χ0) is 16.3. The molecule has 2 aromatic rings. The number of nitrogens with one attached hydrogen (secondary N) is 1. The minimum atomic E-state index is -0.207. The first-order valence-corrected chi connectivity index (χ1v) is 8.40. The molecule has 3 aliphatic carbocycles. The molecule has 5 heteroatoms. The van der Waals surface area contributed by atoms with Crippen molar-refractivity contribution in [1.82, 2.24) is 9.99 Å². The Morgan fingerprint density at radius 3 is 2.38 bits per heavy atom. The van der Waals surface area contributed by atoms with Gasteiger partial charge in [-0.05, 0) is 30.7 Å². The van der Waals surface area contributed by atoms with Gasteiger partial charge in [0.2, 0.25) is 0 Å². The summed E-state index contributed by atoms with van der Waals surface area (Å²) in [4.78, 5) is 28.6. The number of hydrogen-bond donors (Lipinski definition) is 1. The number of imide groups is 1. The molecule has 2 fully saturated rings. The number of rotatable bonds is 2. The minimum absolute atomic E-state index is 0.139. The summed E-state index contributed by atoms with van der Waals surface area (Å²) in [6.07, 6.45) is 9.70. The van der Waals surface area contributed by atoms with E-state index in [-0.39, 0.29) is 35.5 Å². The standard InChI is InChI=1S/C19H17N3O2/c23-18-16-11-5-6-12(8-7-11)17(16)19(24)22(18)21-10-13-9-20-15-4-2-1-3-14(13)15/h1-6,9-12,16-17,20H,7-8H2/b21-10-/t11-,12-,16+,17+/m0/s1. The molecule has 2 amide bonds. The molecule has 120 valence electrons. The second-order valence-electron chi connectivity index (χ2n) is 6.86. The smallest absolute Gasteiger partial charge is 0.254 e. The van der Waals surface area contributed by atoms with Gasteiger partial charge >= 0.3 is 0 Å².